The van der Waals surface area contributed by atoms with E-state index in [-0.39, 0.29) is 26.0 Å². The Morgan fingerprint density at radius 3 is 2.18 bits per heavy atom. The van der Waals surface area contributed by atoms with Gasteiger partial charge in [-0.25, -0.2) is 4.79 Å². The van der Waals surface area contributed by atoms with E-state index in [1.807, 2.05) is 0 Å². The molecule has 0 spiro atoms. The molecule has 0 aromatic heterocycles. The highest BCUT2D eigenvalue weighted by molar-refractivity contribution is 6.21. The predicted molar refractivity (Wildman–Crippen MR) is 118 cm³/mol. The van der Waals surface area contributed by atoms with Crippen molar-refractivity contribution in [2.24, 2.45) is 0 Å². The van der Waals surface area contributed by atoms with Crippen molar-refractivity contribution >= 4 is 23.7 Å². The molecule has 0 unspecified atom stereocenters. The first kappa shape index (κ1) is 23.8. The molecule has 2 aromatic rings. The Kier molecular flexibility index (Phi) is 7.66. The number of carbonyl (C=O) groups is 4. The smallest absolute Gasteiger partial charge is 0.328 e. The molecule has 0 fully saturated rings. The average Bonchev–Trinajstić information content (AvgIpc) is 3.07. The second-order valence-electron chi connectivity index (χ2n) is 7.32. The molecule has 174 valence electrons. The SMILES string of the molecule is CCOC(=O)[C@H](Cc1ccc(OC)c(OC)c1)NC(=O)CCN1C(=O)c2ccccc2C1=O. The minimum Gasteiger partial charge on any atom is -0.493 e. The van der Waals surface area contributed by atoms with Gasteiger partial charge < -0.3 is 19.5 Å². The summed E-state index contributed by atoms with van der Waals surface area (Å²) < 4.78 is 15.6. The largest absolute Gasteiger partial charge is 0.493 e. The van der Waals surface area contributed by atoms with Crippen molar-refractivity contribution in [3.8, 4) is 11.5 Å². The molecule has 1 aliphatic rings. The lowest BCUT2D eigenvalue weighted by Gasteiger charge is -2.19. The van der Waals surface area contributed by atoms with Crippen molar-refractivity contribution in [3.63, 3.8) is 0 Å². The molecule has 1 N–H and O–H groups in total. The number of hydrogen-bond donors (Lipinski definition) is 1. The van der Waals surface area contributed by atoms with Crippen LogP contribution in [0.4, 0.5) is 0 Å². The molecule has 2 aromatic carbocycles. The third kappa shape index (κ3) is 5.31. The third-order valence-corrected chi connectivity index (χ3v) is 5.23. The number of methoxy groups -OCH3 is 2. The maximum atomic E-state index is 12.6. The monoisotopic (exact) mass is 454 g/mol. The Morgan fingerprint density at radius 2 is 1.61 bits per heavy atom. The van der Waals surface area contributed by atoms with Crippen molar-refractivity contribution in [1.82, 2.24) is 10.2 Å². The minimum atomic E-state index is -0.947. The average molecular weight is 454 g/mol. The molecular weight excluding hydrogens is 428 g/mol. The van der Waals surface area contributed by atoms with E-state index in [1.54, 1.807) is 49.4 Å². The van der Waals surface area contributed by atoms with Crippen LogP contribution in [-0.2, 0) is 20.7 Å². The van der Waals surface area contributed by atoms with Gasteiger partial charge in [-0.05, 0) is 36.8 Å². The first-order valence-corrected chi connectivity index (χ1v) is 10.5. The van der Waals surface area contributed by atoms with Gasteiger partial charge in [0.2, 0.25) is 5.91 Å². The molecule has 0 radical (unpaired) electrons. The molecule has 0 bridgehead atoms. The van der Waals surface area contributed by atoms with Gasteiger partial charge in [-0.1, -0.05) is 18.2 Å². The number of nitrogens with zero attached hydrogens (tertiary/aromatic N) is 1. The second-order valence-corrected chi connectivity index (χ2v) is 7.32. The Morgan fingerprint density at radius 1 is 0.970 bits per heavy atom. The third-order valence-electron chi connectivity index (χ3n) is 5.23. The molecule has 9 heteroatoms. The van der Waals surface area contributed by atoms with E-state index in [2.05, 4.69) is 5.32 Å². The van der Waals surface area contributed by atoms with Gasteiger partial charge in [0.25, 0.3) is 11.8 Å². The van der Waals surface area contributed by atoms with Gasteiger partial charge in [0.05, 0.1) is 32.0 Å². The zero-order valence-electron chi connectivity index (χ0n) is 18.8. The highest BCUT2D eigenvalue weighted by Gasteiger charge is 2.35. The van der Waals surface area contributed by atoms with Crippen LogP contribution >= 0.6 is 0 Å². The second kappa shape index (κ2) is 10.6. The molecule has 3 amide bonds. The normalized spacial score (nSPS) is 13.4. The van der Waals surface area contributed by atoms with Gasteiger partial charge in [-0.3, -0.25) is 19.3 Å². The Balaban J connectivity index is 1.66. The first-order chi connectivity index (χ1) is 15.9. The Bertz CT molecular complexity index is 1030. The zero-order valence-corrected chi connectivity index (χ0v) is 18.8. The van der Waals surface area contributed by atoms with Crippen LogP contribution in [0.2, 0.25) is 0 Å². The van der Waals surface area contributed by atoms with Crippen LogP contribution in [0.15, 0.2) is 42.5 Å². The van der Waals surface area contributed by atoms with Gasteiger partial charge in [-0.2, -0.15) is 0 Å². The van der Waals surface area contributed by atoms with E-state index in [4.69, 9.17) is 14.2 Å². The molecule has 33 heavy (non-hydrogen) atoms. The van der Waals surface area contributed by atoms with Crippen LogP contribution in [0, 0.1) is 0 Å². The van der Waals surface area contributed by atoms with Crippen molar-refractivity contribution in [2.45, 2.75) is 25.8 Å². The summed E-state index contributed by atoms with van der Waals surface area (Å²) in [6.45, 7) is 1.74. The lowest BCUT2D eigenvalue weighted by Crippen LogP contribution is -2.44. The number of nitrogens with one attached hydrogen (secondary N) is 1. The van der Waals surface area contributed by atoms with Crippen molar-refractivity contribution in [2.75, 3.05) is 27.4 Å². The first-order valence-electron chi connectivity index (χ1n) is 10.5. The van der Waals surface area contributed by atoms with Gasteiger partial charge in [0, 0.05) is 19.4 Å². The maximum absolute atomic E-state index is 12.6. The van der Waals surface area contributed by atoms with Gasteiger partial charge in [-0.15, -0.1) is 0 Å². The van der Waals surface area contributed by atoms with E-state index < -0.39 is 29.7 Å². The number of ether oxygens (including phenoxy) is 3. The molecular formula is C24H26N2O7. The fraction of sp³-hybridized carbons (Fsp3) is 0.333. The fourth-order valence-electron chi connectivity index (χ4n) is 3.60. The van der Waals surface area contributed by atoms with Crippen LogP contribution in [-0.4, -0.2) is 62.0 Å². The lowest BCUT2D eigenvalue weighted by molar-refractivity contribution is -0.147. The summed E-state index contributed by atoms with van der Waals surface area (Å²) in [5, 5.41) is 2.66. The molecule has 1 aliphatic heterocycles. The van der Waals surface area contributed by atoms with Crippen LogP contribution < -0.4 is 14.8 Å². The van der Waals surface area contributed by atoms with Crippen molar-refractivity contribution in [1.29, 1.82) is 0 Å². The predicted octanol–water partition coefficient (Wildman–Crippen LogP) is 1.98. The summed E-state index contributed by atoms with van der Waals surface area (Å²) in [6, 6.07) is 10.8. The zero-order chi connectivity index (χ0) is 24.0. The number of fused-ring (bicyclic) bond motifs is 1. The number of amides is 3. The van der Waals surface area contributed by atoms with E-state index in [0.29, 0.717) is 22.6 Å². The van der Waals surface area contributed by atoms with Crippen molar-refractivity contribution in [3.05, 3.63) is 59.2 Å². The quantitative estimate of drug-likeness (QED) is 0.432. The molecule has 0 saturated heterocycles. The summed E-state index contributed by atoms with van der Waals surface area (Å²) in [6.07, 6.45) is 0.0191. The molecule has 9 nitrogen and oxygen atoms in total. The fourth-order valence-corrected chi connectivity index (χ4v) is 3.60. The van der Waals surface area contributed by atoms with Gasteiger partial charge >= 0.3 is 5.97 Å². The summed E-state index contributed by atoms with van der Waals surface area (Å²) in [7, 11) is 3.03. The molecule has 1 atom stereocenters. The highest BCUT2D eigenvalue weighted by Crippen LogP contribution is 2.28. The van der Waals surface area contributed by atoms with Crippen LogP contribution in [0.3, 0.4) is 0 Å². The maximum Gasteiger partial charge on any atom is 0.328 e. The highest BCUT2D eigenvalue weighted by atomic mass is 16.5. The number of benzene rings is 2. The van der Waals surface area contributed by atoms with Crippen LogP contribution in [0.5, 0.6) is 11.5 Å². The van der Waals surface area contributed by atoms with Gasteiger partial charge in [0.15, 0.2) is 11.5 Å². The summed E-state index contributed by atoms with van der Waals surface area (Å²) in [5.41, 5.74) is 1.37. The molecule has 3 rings (SSSR count). The molecule has 0 aliphatic carbocycles. The molecule has 0 saturated carbocycles. The minimum absolute atomic E-state index is 0.0932. The van der Waals surface area contributed by atoms with E-state index in [9.17, 15) is 19.2 Å². The van der Waals surface area contributed by atoms with E-state index >= 15 is 0 Å². The number of imide groups is 1. The molecule has 1 heterocycles. The summed E-state index contributed by atoms with van der Waals surface area (Å²) in [5.74, 6) is -0.897. The summed E-state index contributed by atoms with van der Waals surface area (Å²) >= 11 is 0. The standard InChI is InChI=1S/C24H26N2O7/c1-4-33-24(30)18(13-15-9-10-19(31-2)20(14-15)32-3)25-21(27)11-12-26-22(28)16-7-5-6-8-17(16)23(26)29/h5-10,14,18H,4,11-13H2,1-3H3,(H,25,27)/t18-/m0/s1. The Hall–Kier alpha value is -3.88. The van der Waals surface area contributed by atoms with Crippen molar-refractivity contribution < 1.29 is 33.4 Å². The van der Waals surface area contributed by atoms with Crippen LogP contribution in [0.25, 0.3) is 0 Å². The topological polar surface area (TPSA) is 111 Å². The lowest BCUT2D eigenvalue weighted by atomic mass is 10.0. The van der Waals surface area contributed by atoms with Gasteiger partial charge in [0.1, 0.15) is 6.04 Å². The Labute approximate surface area is 191 Å². The van der Waals surface area contributed by atoms with E-state index in [1.165, 1.54) is 14.2 Å². The number of hydrogen-bond acceptors (Lipinski definition) is 7. The number of esters is 1. The number of carbonyl (C=O) groups excluding carboxylic acids is 4. The van der Waals surface area contributed by atoms with Crippen LogP contribution in [0.1, 0.15) is 39.6 Å². The summed E-state index contributed by atoms with van der Waals surface area (Å²) in [4.78, 5) is 51.0. The van der Waals surface area contributed by atoms with E-state index in [0.717, 1.165) is 10.5 Å². The number of rotatable bonds is 10.